The van der Waals surface area contributed by atoms with Crippen LogP contribution < -0.4 is 0 Å². The second kappa shape index (κ2) is 7.92. The highest BCUT2D eigenvalue weighted by atomic mass is 32.2. The predicted octanol–water partition coefficient (Wildman–Crippen LogP) is 2.68. The van der Waals surface area contributed by atoms with Gasteiger partial charge in [0.25, 0.3) is 0 Å². The summed E-state index contributed by atoms with van der Waals surface area (Å²) in [4.78, 5) is 3.98. The monoisotopic (exact) mass is 416 g/mol. The van der Waals surface area contributed by atoms with Gasteiger partial charge in [-0.2, -0.15) is 4.31 Å². The van der Waals surface area contributed by atoms with E-state index in [-0.39, 0.29) is 18.0 Å². The lowest BCUT2D eigenvalue weighted by Crippen LogP contribution is -2.49. The van der Waals surface area contributed by atoms with Crippen LogP contribution in [0.25, 0.3) is 0 Å². The number of β-amino-alcohol motifs (C(OH)–C–C–N with tert-alkyl or cyclic N) is 1. The first-order valence-electron chi connectivity index (χ1n) is 8.61. The second-order valence-corrected chi connectivity index (χ2v) is 10.1. The van der Waals surface area contributed by atoms with Crippen LogP contribution in [0, 0.1) is 25.5 Å². The van der Waals surface area contributed by atoms with Gasteiger partial charge < -0.3 is 5.11 Å². The van der Waals surface area contributed by atoms with Gasteiger partial charge in [0, 0.05) is 42.5 Å². The van der Waals surface area contributed by atoms with Gasteiger partial charge in [-0.3, -0.25) is 4.90 Å². The lowest BCUT2D eigenvalue weighted by Gasteiger charge is -2.35. The zero-order valence-corrected chi connectivity index (χ0v) is 16.8. The van der Waals surface area contributed by atoms with Crippen LogP contribution >= 0.6 is 11.3 Å². The summed E-state index contributed by atoms with van der Waals surface area (Å²) in [5.41, 5.74) is 0.911. The van der Waals surface area contributed by atoms with Gasteiger partial charge in [0.1, 0.15) is 0 Å². The summed E-state index contributed by atoms with van der Waals surface area (Å²) in [5.74, 6) is -2.26. The standard InChI is InChI=1S/C18H22F2N2O3S2/c1-12-9-15(13(2)26-12)18(23)11-21-5-7-22(8-6-21)27(24,25)14-3-4-16(19)17(20)10-14/h3-4,9-10,18,23H,5-8,11H2,1-2H3. The van der Waals surface area contributed by atoms with E-state index in [2.05, 4.69) is 0 Å². The average molecular weight is 417 g/mol. The van der Waals surface area contributed by atoms with Gasteiger partial charge in [0.2, 0.25) is 10.0 Å². The first-order chi connectivity index (χ1) is 12.7. The minimum absolute atomic E-state index is 0.232. The number of nitrogens with zero attached hydrogens (tertiary/aromatic N) is 2. The molecule has 1 aromatic carbocycles. The zero-order chi connectivity index (χ0) is 19.8. The summed E-state index contributed by atoms with van der Waals surface area (Å²) < 4.78 is 52.9. The number of halogens is 2. The minimum atomic E-state index is -3.87. The van der Waals surface area contributed by atoms with E-state index < -0.39 is 27.8 Å². The number of benzene rings is 1. The molecule has 0 amide bonds. The maximum absolute atomic E-state index is 13.4. The maximum Gasteiger partial charge on any atom is 0.243 e. The molecule has 5 nitrogen and oxygen atoms in total. The molecule has 2 aromatic rings. The van der Waals surface area contributed by atoms with Crippen LogP contribution in [0.3, 0.4) is 0 Å². The Hall–Kier alpha value is -1.39. The molecule has 1 atom stereocenters. The molecule has 1 aliphatic heterocycles. The van der Waals surface area contributed by atoms with Crippen molar-refractivity contribution in [3.8, 4) is 0 Å². The molecule has 1 aromatic heterocycles. The summed E-state index contributed by atoms with van der Waals surface area (Å²) >= 11 is 1.64. The topological polar surface area (TPSA) is 60.9 Å². The van der Waals surface area contributed by atoms with Gasteiger partial charge in [0.15, 0.2) is 11.6 Å². The van der Waals surface area contributed by atoms with Crippen LogP contribution in [0.15, 0.2) is 29.2 Å². The first kappa shape index (κ1) is 20.3. The molecule has 0 aliphatic carbocycles. The Morgan fingerprint density at radius 1 is 1.11 bits per heavy atom. The van der Waals surface area contributed by atoms with Crippen molar-refractivity contribution >= 4 is 21.4 Å². The number of rotatable bonds is 5. The lowest BCUT2D eigenvalue weighted by molar-refractivity contribution is 0.0920. The van der Waals surface area contributed by atoms with E-state index in [0.717, 1.165) is 27.5 Å². The molecule has 1 N–H and O–H groups in total. The van der Waals surface area contributed by atoms with Crippen molar-refractivity contribution in [2.45, 2.75) is 24.8 Å². The molecule has 27 heavy (non-hydrogen) atoms. The Balaban J connectivity index is 1.62. The van der Waals surface area contributed by atoms with Crippen molar-refractivity contribution < 1.29 is 22.3 Å². The number of sulfonamides is 1. The smallest absolute Gasteiger partial charge is 0.243 e. The van der Waals surface area contributed by atoms with Gasteiger partial charge in [-0.05, 0) is 43.7 Å². The highest BCUT2D eigenvalue weighted by molar-refractivity contribution is 7.89. The molecular weight excluding hydrogens is 394 g/mol. The molecule has 0 spiro atoms. The summed E-state index contributed by atoms with van der Waals surface area (Å²) in [5, 5.41) is 10.5. The third-order valence-electron chi connectivity index (χ3n) is 4.73. The van der Waals surface area contributed by atoms with Crippen LogP contribution in [-0.4, -0.2) is 55.5 Å². The highest BCUT2D eigenvalue weighted by Gasteiger charge is 2.30. The fourth-order valence-corrected chi connectivity index (χ4v) is 5.68. The Kier molecular flexibility index (Phi) is 5.97. The number of hydrogen-bond donors (Lipinski definition) is 1. The molecule has 0 bridgehead atoms. The van der Waals surface area contributed by atoms with Gasteiger partial charge in [0.05, 0.1) is 11.0 Å². The average Bonchev–Trinajstić information content (AvgIpc) is 2.96. The van der Waals surface area contributed by atoms with Crippen molar-refractivity contribution in [1.29, 1.82) is 0 Å². The highest BCUT2D eigenvalue weighted by Crippen LogP contribution is 2.27. The molecule has 0 radical (unpaired) electrons. The van der Waals surface area contributed by atoms with Crippen molar-refractivity contribution in [3.63, 3.8) is 0 Å². The lowest BCUT2D eigenvalue weighted by atomic mass is 10.1. The summed E-state index contributed by atoms with van der Waals surface area (Å²) in [6.07, 6.45) is -0.621. The largest absolute Gasteiger partial charge is 0.387 e. The molecule has 9 heteroatoms. The molecular formula is C18H22F2N2O3S2. The molecule has 1 saturated heterocycles. The molecule has 2 heterocycles. The van der Waals surface area contributed by atoms with E-state index in [4.69, 9.17) is 0 Å². The number of aliphatic hydroxyl groups excluding tert-OH is 1. The Labute approximate surface area is 161 Å². The Morgan fingerprint density at radius 2 is 1.78 bits per heavy atom. The molecule has 1 unspecified atom stereocenters. The first-order valence-corrected chi connectivity index (χ1v) is 10.9. The van der Waals surface area contributed by atoms with E-state index in [0.29, 0.717) is 25.7 Å². The van der Waals surface area contributed by atoms with Crippen LogP contribution in [0.1, 0.15) is 21.4 Å². The fourth-order valence-electron chi connectivity index (χ4n) is 3.26. The molecule has 3 rings (SSSR count). The van der Waals surface area contributed by atoms with Crippen molar-refractivity contribution in [2.24, 2.45) is 0 Å². The second-order valence-electron chi connectivity index (χ2n) is 6.66. The third-order valence-corrected chi connectivity index (χ3v) is 7.61. The summed E-state index contributed by atoms with van der Waals surface area (Å²) in [7, 11) is -3.87. The van der Waals surface area contributed by atoms with E-state index >= 15 is 0 Å². The number of piperazine rings is 1. The third kappa shape index (κ3) is 4.38. The normalized spacial score (nSPS) is 18.0. The Morgan fingerprint density at radius 3 is 2.33 bits per heavy atom. The van der Waals surface area contributed by atoms with Gasteiger partial charge in [-0.1, -0.05) is 0 Å². The van der Waals surface area contributed by atoms with Crippen molar-refractivity contribution in [2.75, 3.05) is 32.7 Å². The number of hydrogen-bond acceptors (Lipinski definition) is 5. The van der Waals surface area contributed by atoms with Crippen LogP contribution in [0.4, 0.5) is 8.78 Å². The van der Waals surface area contributed by atoms with Gasteiger partial charge in [-0.15, -0.1) is 11.3 Å². The van der Waals surface area contributed by atoms with Crippen molar-refractivity contribution in [3.05, 3.63) is 51.2 Å². The van der Waals surface area contributed by atoms with E-state index in [1.54, 1.807) is 11.3 Å². The van der Waals surface area contributed by atoms with E-state index in [9.17, 15) is 22.3 Å². The predicted molar refractivity (Wildman–Crippen MR) is 100 cm³/mol. The SMILES string of the molecule is Cc1cc(C(O)CN2CCN(S(=O)(=O)c3ccc(F)c(F)c3)CC2)c(C)s1. The molecule has 1 aliphatic rings. The van der Waals surface area contributed by atoms with E-state index in [1.165, 1.54) is 4.31 Å². The number of thiophene rings is 1. The summed E-state index contributed by atoms with van der Waals surface area (Å²) in [6, 6.07) is 4.59. The van der Waals surface area contributed by atoms with E-state index in [1.807, 2.05) is 24.8 Å². The quantitative estimate of drug-likeness (QED) is 0.814. The van der Waals surface area contributed by atoms with Crippen LogP contribution in [0.5, 0.6) is 0 Å². The Bertz CT molecular complexity index is 923. The molecule has 0 saturated carbocycles. The molecule has 148 valence electrons. The number of aliphatic hydroxyl groups is 1. The molecule has 1 fully saturated rings. The fraction of sp³-hybridized carbons (Fsp3) is 0.444. The number of aryl methyl sites for hydroxylation is 2. The minimum Gasteiger partial charge on any atom is -0.387 e. The van der Waals surface area contributed by atoms with Gasteiger partial charge in [-0.25, -0.2) is 17.2 Å². The van der Waals surface area contributed by atoms with Crippen LogP contribution in [-0.2, 0) is 10.0 Å². The summed E-state index contributed by atoms with van der Waals surface area (Å²) in [6.45, 7) is 5.78. The van der Waals surface area contributed by atoms with Gasteiger partial charge >= 0.3 is 0 Å². The van der Waals surface area contributed by atoms with Crippen LogP contribution in [0.2, 0.25) is 0 Å². The zero-order valence-electron chi connectivity index (χ0n) is 15.2. The van der Waals surface area contributed by atoms with Crippen molar-refractivity contribution in [1.82, 2.24) is 9.21 Å². The maximum atomic E-state index is 13.4.